The van der Waals surface area contributed by atoms with E-state index in [0.717, 1.165) is 28.4 Å². The molecule has 2 aromatic rings. The fourth-order valence-electron chi connectivity index (χ4n) is 1.90. The highest BCUT2D eigenvalue weighted by Gasteiger charge is 2.06. The van der Waals surface area contributed by atoms with Crippen molar-refractivity contribution in [1.82, 2.24) is 10.2 Å². The minimum absolute atomic E-state index is 0.342. The summed E-state index contributed by atoms with van der Waals surface area (Å²) in [5, 5.41) is 10.1. The third-order valence-electron chi connectivity index (χ3n) is 3.06. The maximum absolute atomic E-state index is 5.90. The molecule has 0 bridgehead atoms. The van der Waals surface area contributed by atoms with Gasteiger partial charge in [0.1, 0.15) is 5.75 Å². The number of anilines is 1. The third kappa shape index (κ3) is 3.09. The SMILES string of the molecule is COc1ccccc1NC(N)=NCc1c(C)n[nH]c1C. The Morgan fingerprint density at radius 1 is 1.40 bits per heavy atom. The summed E-state index contributed by atoms with van der Waals surface area (Å²) in [6, 6.07) is 7.55. The van der Waals surface area contributed by atoms with Gasteiger partial charge in [0.25, 0.3) is 0 Å². The Morgan fingerprint density at radius 3 is 2.80 bits per heavy atom. The number of hydrogen-bond acceptors (Lipinski definition) is 3. The molecule has 0 saturated heterocycles. The zero-order valence-electron chi connectivity index (χ0n) is 11.9. The lowest BCUT2D eigenvalue weighted by Gasteiger charge is -2.10. The first-order valence-electron chi connectivity index (χ1n) is 6.32. The van der Waals surface area contributed by atoms with Crippen LogP contribution in [0.25, 0.3) is 0 Å². The van der Waals surface area contributed by atoms with Crippen molar-refractivity contribution in [3.05, 3.63) is 41.2 Å². The molecule has 1 aromatic carbocycles. The van der Waals surface area contributed by atoms with Crippen LogP contribution in [-0.2, 0) is 6.54 Å². The largest absolute Gasteiger partial charge is 0.495 e. The molecule has 0 aliphatic rings. The summed E-state index contributed by atoms with van der Waals surface area (Å²) in [5.74, 6) is 1.07. The average molecular weight is 273 g/mol. The van der Waals surface area contributed by atoms with Crippen LogP contribution < -0.4 is 15.8 Å². The molecule has 1 aromatic heterocycles. The van der Waals surface area contributed by atoms with E-state index in [0.29, 0.717) is 12.5 Å². The van der Waals surface area contributed by atoms with Crippen molar-refractivity contribution >= 4 is 11.6 Å². The molecular weight excluding hydrogens is 254 g/mol. The zero-order valence-corrected chi connectivity index (χ0v) is 11.9. The first-order chi connectivity index (χ1) is 9.61. The minimum atomic E-state index is 0.342. The monoisotopic (exact) mass is 273 g/mol. The van der Waals surface area contributed by atoms with Gasteiger partial charge in [-0.3, -0.25) is 5.10 Å². The number of aromatic nitrogens is 2. The topological polar surface area (TPSA) is 88.3 Å². The summed E-state index contributed by atoms with van der Waals surface area (Å²) in [6.45, 7) is 4.40. The molecule has 2 rings (SSSR count). The van der Waals surface area contributed by atoms with E-state index in [1.165, 1.54) is 0 Å². The van der Waals surface area contributed by atoms with E-state index < -0.39 is 0 Å². The predicted molar refractivity (Wildman–Crippen MR) is 80.0 cm³/mol. The molecule has 0 fully saturated rings. The lowest BCUT2D eigenvalue weighted by molar-refractivity contribution is 0.417. The molecule has 0 aliphatic heterocycles. The van der Waals surface area contributed by atoms with Gasteiger partial charge in [0, 0.05) is 11.3 Å². The lowest BCUT2D eigenvalue weighted by atomic mass is 10.2. The second kappa shape index (κ2) is 6.10. The number of nitrogens with two attached hydrogens (primary N) is 1. The number of nitrogens with one attached hydrogen (secondary N) is 2. The Hall–Kier alpha value is -2.50. The van der Waals surface area contributed by atoms with Crippen LogP contribution >= 0.6 is 0 Å². The van der Waals surface area contributed by atoms with Crippen molar-refractivity contribution in [2.45, 2.75) is 20.4 Å². The summed E-state index contributed by atoms with van der Waals surface area (Å²) in [7, 11) is 1.62. The summed E-state index contributed by atoms with van der Waals surface area (Å²) in [4.78, 5) is 4.33. The molecule has 0 radical (unpaired) electrons. The molecule has 106 valence electrons. The van der Waals surface area contributed by atoms with Gasteiger partial charge in [0.2, 0.25) is 0 Å². The molecule has 0 saturated carbocycles. The van der Waals surface area contributed by atoms with Crippen LogP contribution in [0.2, 0.25) is 0 Å². The number of ether oxygens (including phenoxy) is 1. The van der Waals surface area contributed by atoms with Crippen molar-refractivity contribution in [3.63, 3.8) is 0 Å². The Labute approximate surface area is 118 Å². The van der Waals surface area contributed by atoms with E-state index in [1.807, 2.05) is 38.1 Å². The highest BCUT2D eigenvalue weighted by Crippen LogP contribution is 2.22. The maximum Gasteiger partial charge on any atom is 0.193 e. The third-order valence-corrected chi connectivity index (χ3v) is 3.06. The Morgan fingerprint density at radius 2 is 2.15 bits per heavy atom. The van der Waals surface area contributed by atoms with Crippen LogP contribution in [0.5, 0.6) is 5.75 Å². The van der Waals surface area contributed by atoms with Gasteiger partial charge in [-0.2, -0.15) is 5.10 Å². The standard InChI is InChI=1S/C14H19N5O/c1-9-11(10(2)19-18-9)8-16-14(15)17-12-6-4-5-7-13(12)20-3/h4-7H,8H2,1-3H3,(H,18,19)(H3,15,16,17). The van der Waals surface area contributed by atoms with Crippen molar-refractivity contribution in [2.75, 3.05) is 12.4 Å². The minimum Gasteiger partial charge on any atom is -0.495 e. The maximum atomic E-state index is 5.90. The zero-order chi connectivity index (χ0) is 14.5. The molecule has 0 amide bonds. The number of para-hydroxylation sites is 2. The number of aryl methyl sites for hydroxylation is 2. The van der Waals surface area contributed by atoms with E-state index in [9.17, 15) is 0 Å². The van der Waals surface area contributed by atoms with E-state index in [1.54, 1.807) is 7.11 Å². The normalized spacial score (nSPS) is 11.4. The number of guanidine groups is 1. The van der Waals surface area contributed by atoms with E-state index in [2.05, 4.69) is 20.5 Å². The Kier molecular flexibility index (Phi) is 4.24. The number of aliphatic imine (C=N–C) groups is 1. The van der Waals surface area contributed by atoms with Crippen LogP contribution in [0.3, 0.4) is 0 Å². The number of benzene rings is 1. The van der Waals surface area contributed by atoms with Crippen LogP contribution in [-0.4, -0.2) is 23.3 Å². The predicted octanol–water partition coefficient (Wildman–Crippen LogP) is 1.96. The quantitative estimate of drug-likeness (QED) is 0.587. The van der Waals surface area contributed by atoms with Crippen molar-refractivity contribution in [1.29, 1.82) is 0 Å². The highest BCUT2D eigenvalue weighted by atomic mass is 16.5. The summed E-state index contributed by atoms with van der Waals surface area (Å²) >= 11 is 0. The molecule has 0 spiro atoms. The highest BCUT2D eigenvalue weighted by molar-refractivity contribution is 5.93. The smallest absolute Gasteiger partial charge is 0.193 e. The van der Waals surface area contributed by atoms with Crippen LogP contribution in [0.4, 0.5) is 5.69 Å². The molecule has 4 N–H and O–H groups in total. The molecule has 0 unspecified atom stereocenters. The number of H-pyrrole nitrogens is 1. The fourth-order valence-corrected chi connectivity index (χ4v) is 1.90. The molecule has 0 aliphatic carbocycles. The van der Waals surface area contributed by atoms with Gasteiger partial charge in [0.15, 0.2) is 5.96 Å². The Bertz CT molecular complexity index is 598. The number of rotatable bonds is 4. The number of methoxy groups -OCH3 is 1. The van der Waals surface area contributed by atoms with Crippen molar-refractivity contribution in [2.24, 2.45) is 10.7 Å². The molecule has 6 heteroatoms. The second-order valence-corrected chi connectivity index (χ2v) is 4.44. The van der Waals surface area contributed by atoms with Gasteiger partial charge in [-0.05, 0) is 26.0 Å². The van der Waals surface area contributed by atoms with Crippen LogP contribution in [0, 0.1) is 13.8 Å². The van der Waals surface area contributed by atoms with Gasteiger partial charge < -0.3 is 15.8 Å². The molecule has 0 atom stereocenters. The van der Waals surface area contributed by atoms with Gasteiger partial charge >= 0.3 is 0 Å². The number of aromatic amines is 1. The first-order valence-corrected chi connectivity index (χ1v) is 6.32. The van der Waals surface area contributed by atoms with E-state index >= 15 is 0 Å². The first kappa shape index (κ1) is 13.9. The van der Waals surface area contributed by atoms with Crippen molar-refractivity contribution < 1.29 is 4.74 Å². The molecular formula is C14H19N5O. The fraction of sp³-hybridized carbons (Fsp3) is 0.286. The van der Waals surface area contributed by atoms with Crippen LogP contribution in [0.15, 0.2) is 29.3 Å². The van der Waals surface area contributed by atoms with Gasteiger partial charge in [-0.15, -0.1) is 0 Å². The summed E-state index contributed by atoms with van der Waals surface area (Å²) in [6.07, 6.45) is 0. The molecule has 6 nitrogen and oxygen atoms in total. The second-order valence-electron chi connectivity index (χ2n) is 4.44. The molecule has 20 heavy (non-hydrogen) atoms. The van der Waals surface area contributed by atoms with E-state index in [-0.39, 0.29) is 0 Å². The Balaban J connectivity index is 2.08. The van der Waals surface area contributed by atoms with Gasteiger partial charge in [-0.1, -0.05) is 12.1 Å². The number of hydrogen-bond donors (Lipinski definition) is 3. The summed E-state index contributed by atoms with van der Waals surface area (Å²) < 4.78 is 5.25. The van der Waals surface area contributed by atoms with E-state index in [4.69, 9.17) is 10.5 Å². The van der Waals surface area contributed by atoms with Crippen molar-refractivity contribution in [3.8, 4) is 5.75 Å². The average Bonchev–Trinajstić information content (AvgIpc) is 2.76. The summed E-state index contributed by atoms with van der Waals surface area (Å²) in [5.41, 5.74) is 9.70. The lowest BCUT2D eigenvalue weighted by Crippen LogP contribution is -2.23. The van der Waals surface area contributed by atoms with Crippen LogP contribution in [0.1, 0.15) is 17.0 Å². The molecule has 1 heterocycles. The van der Waals surface area contributed by atoms with Gasteiger partial charge in [-0.25, -0.2) is 4.99 Å². The number of nitrogens with zero attached hydrogens (tertiary/aromatic N) is 2. The van der Waals surface area contributed by atoms with Gasteiger partial charge in [0.05, 0.1) is 25.0 Å².